The van der Waals surface area contributed by atoms with Crippen molar-refractivity contribution in [3.05, 3.63) is 77.7 Å². The second kappa shape index (κ2) is 8.80. The van der Waals surface area contributed by atoms with Crippen molar-refractivity contribution in [1.82, 2.24) is 5.32 Å². The summed E-state index contributed by atoms with van der Waals surface area (Å²) in [6.07, 6.45) is 1.41. The van der Waals surface area contributed by atoms with E-state index in [1.54, 1.807) is 30.8 Å². The number of furan rings is 1. The molecule has 0 saturated carbocycles. The summed E-state index contributed by atoms with van der Waals surface area (Å²) in [5.74, 6) is -0.546. The van der Waals surface area contributed by atoms with Crippen molar-refractivity contribution in [3.63, 3.8) is 0 Å². The van der Waals surface area contributed by atoms with Gasteiger partial charge in [-0.1, -0.05) is 23.9 Å². The smallest absolute Gasteiger partial charge is 0.287 e. The zero-order valence-corrected chi connectivity index (χ0v) is 16.8. The van der Waals surface area contributed by atoms with Crippen molar-refractivity contribution in [2.45, 2.75) is 36.6 Å². The SMILES string of the molecule is Cc1ccc(C)c(Sc2ccc(NC(=O)C(C)NC(=O)c3ccco3)cc2)c1. The van der Waals surface area contributed by atoms with Gasteiger partial charge in [-0.25, -0.2) is 0 Å². The molecule has 1 aromatic heterocycles. The number of hydrogen-bond acceptors (Lipinski definition) is 4. The minimum Gasteiger partial charge on any atom is -0.459 e. The Morgan fingerprint density at radius 1 is 1.04 bits per heavy atom. The number of amides is 2. The van der Waals surface area contributed by atoms with Gasteiger partial charge >= 0.3 is 0 Å². The molecule has 0 fully saturated rings. The van der Waals surface area contributed by atoms with Crippen molar-refractivity contribution < 1.29 is 14.0 Å². The zero-order valence-electron chi connectivity index (χ0n) is 16.0. The summed E-state index contributed by atoms with van der Waals surface area (Å²) in [6.45, 7) is 5.80. The Morgan fingerprint density at radius 3 is 2.46 bits per heavy atom. The predicted octanol–water partition coefficient (Wildman–Crippen LogP) is 4.80. The molecule has 28 heavy (non-hydrogen) atoms. The fourth-order valence-electron chi connectivity index (χ4n) is 2.54. The van der Waals surface area contributed by atoms with Crippen LogP contribution in [0, 0.1) is 13.8 Å². The van der Waals surface area contributed by atoms with Crippen LogP contribution in [0.1, 0.15) is 28.6 Å². The lowest BCUT2D eigenvalue weighted by molar-refractivity contribution is -0.117. The van der Waals surface area contributed by atoms with Crippen LogP contribution >= 0.6 is 11.8 Å². The van der Waals surface area contributed by atoms with Crippen LogP contribution in [-0.2, 0) is 4.79 Å². The molecule has 0 aliphatic carbocycles. The Morgan fingerprint density at radius 2 is 1.79 bits per heavy atom. The van der Waals surface area contributed by atoms with Gasteiger partial charge in [-0.3, -0.25) is 9.59 Å². The summed E-state index contributed by atoms with van der Waals surface area (Å²) in [5, 5.41) is 5.42. The molecule has 2 aromatic carbocycles. The summed E-state index contributed by atoms with van der Waals surface area (Å²) in [5.41, 5.74) is 3.13. The van der Waals surface area contributed by atoms with Crippen LogP contribution in [0.15, 0.2) is 75.1 Å². The maximum atomic E-state index is 12.3. The van der Waals surface area contributed by atoms with Gasteiger partial charge in [-0.05, 0) is 74.4 Å². The fraction of sp³-hybridized carbons (Fsp3) is 0.182. The molecular formula is C22H22N2O3S. The Labute approximate surface area is 168 Å². The molecule has 1 heterocycles. The number of anilines is 1. The Balaban J connectivity index is 1.58. The van der Waals surface area contributed by atoms with Gasteiger partial charge in [-0.15, -0.1) is 0 Å². The van der Waals surface area contributed by atoms with E-state index in [0.717, 1.165) is 4.90 Å². The van der Waals surface area contributed by atoms with Gasteiger partial charge in [0, 0.05) is 15.5 Å². The molecule has 0 saturated heterocycles. The molecule has 0 radical (unpaired) electrons. The molecule has 0 aliphatic heterocycles. The highest BCUT2D eigenvalue weighted by atomic mass is 32.2. The Bertz CT molecular complexity index is 966. The molecule has 0 bridgehead atoms. The topological polar surface area (TPSA) is 71.3 Å². The van der Waals surface area contributed by atoms with Crippen molar-refractivity contribution in [1.29, 1.82) is 0 Å². The lowest BCUT2D eigenvalue weighted by Crippen LogP contribution is -2.41. The molecular weight excluding hydrogens is 372 g/mol. The standard InChI is InChI=1S/C22H22N2O3S/c1-14-6-7-15(2)20(13-14)28-18-10-8-17(9-11-18)24-21(25)16(3)23-22(26)19-5-4-12-27-19/h4-13,16H,1-3H3,(H,23,26)(H,24,25). The molecule has 0 aliphatic rings. The van der Waals surface area contributed by atoms with Crippen molar-refractivity contribution in [2.75, 3.05) is 5.32 Å². The van der Waals surface area contributed by atoms with E-state index in [-0.39, 0.29) is 11.7 Å². The minimum absolute atomic E-state index is 0.174. The third-order valence-corrected chi connectivity index (χ3v) is 5.35. The number of hydrogen-bond donors (Lipinski definition) is 2. The molecule has 5 nitrogen and oxygen atoms in total. The minimum atomic E-state index is -0.693. The number of nitrogens with one attached hydrogen (secondary N) is 2. The van der Waals surface area contributed by atoms with Crippen LogP contribution in [0.3, 0.4) is 0 Å². The van der Waals surface area contributed by atoms with E-state index in [4.69, 9.17) is 4.42 Å². The zero-order chi connectivity index (χ0) is 20.1. The summed E-state index contributed by atoms with van der Waals surface area (Å²) in [4.78, 5) is 26.6. The van der Waals surface area contributed by atoms with E-state index in [1.807, 2.05) is 24.3 Å². The number of carbonyl (C=O) groups is 2. The van der Waals surface area contributed by atoms with Gasteiger partial charge in [0.05, 0.1) is 6.26 Å². The molecule has 144 valence electrons. The van der Waals surface area contributed by atoms with E-state index in [2.05, 4.69) is 42.7 Å². The summed E-state index contributed by atoms with van der Waals surface area (Å²) in [6, 6.07) is 16.5. The van der Waals surface area contributed by atoms with E-state index < -0.39 is 11.9 Å². The normalized spacial score (nSPS) is 11.7. The first-order chi connectivity index (χ1) is 13.4. The molecule has 1 unspecified atom stereocenters. The molecule has 1 atom stereocenters. The third-order valence-electron chi connectivity index (χ3n) is 4.18. The lowest BCUT2D eigenvalue weighted by atomic mass is 10.2. The molecule has 2 N–H and O–H groups in total. The average molecular weight is 394 g/mol. The average Bonchev–Trinajstić information content (AvgIpc) is 3.21. The number of aryl methyl sites for hydroxylation is 2. The fourth-order valence-corrected chi connectivity index (χ4v) is 3.54. The van der Waals surface area contributed by atoms with Gasteiger partial charge in [-0.2, -0.15) is 0 Å². The van der Waals surface area contributed by atoms with E-state index >= 15 is 0 Å². The van der Waals surface area contributed by atoms with E-state index in [0.29, 0.717) is 5.69 Å². The molecule has 3 rings (SSSR count). The molecule has 6 heteroatoms. The van der Waals surface area contributed by atoms with Crippen molar-refractivity contribution in [2.24, 2.45) is 0 Å². The van der Waals surface area contributed by atoms with Crippen LogP contribution in [0.5, 0.6) is 0 Å². The predicted molar refractivity (Wildman–Crippen MR) is 111 cm³/mol. The summed E-state index contributed by atoms with van der Waals surface area (Å²) in [7, 11) is 0. The highest BCUT2D eigenvalue weighted by Crippen LogP contribution is 2.31. The van der Waals surface area contributed by atoms with Gasteiger partial charge in [0.25, 0.3) is 5.91 Å². The van der Waals surface area contributed by atoms with Gasteiger partial charge in [0.1, 0.15) is 6.04 Å². The second-order valence-electron chi connectivity index (χ2n) is 6.56. The van der Waals surface area contributed by atoms with Crippen molar-refractivity contribution in [3.8, 4) is 0 Å². The molecule has 3 aromatic rings. The monoisotopic (exact) mass is 394 g/mol. The summed E-state index contributed by atoms with van der Waals surface area (Å²) >= 11 is 1.69. The Kier molecular flexibility index (Phi) is 6.21. The number of rotatable bonds is 6. The van der Waals surface area contributed by atoms with Crippen LogP contribution in [-0.4, -0.2) is 17.9 Å². The van der Waals surface area contributed by atoms with Crippen LogP contribution in [0.2, 0.25) is 0 Å². The second-order valence-corrected chi connectivity index (χ2v) is 7.67. The van der Waals surface area contributed by atoms with Crippen LogP contribution in [0.25, 0.3) is 0 Å². The van der Waals surface area contributed by atoms with Gasteiger partial charge in [0.15, 0.2) is 5.76 Å². The summed E-state index contributed by atoms with van der Waals surface area (Å²) < 4.78 is 5.03. The maximum Gasteiger partial charge on any atom is 0.287 e. The van der Waals surface area contributed by atoms with E-state index in [1.165, 1.54) is 22.3 Å². The first kappa shape index (κ1) is 19.8. The molecule has 0 spiro atoms. The molecule has 2 amide bonds. The van der Waals surface area contributed by atoms with Gasteiger partial charge in [0.2, 0.25) is 5.91 Å². The quantitative estimate of drug-likeness (QED) is 0.630. The van der Waals surface area contributed by atoms with Crippen molar-refractivity contribution >= 4 is 29.3 Å². The lowest BCUT2D eigenvalue weighted by Gasteiger charge is -2.14. The highest BCUT2D eigenvalue weighted by Gasteiger charge is 2.18. The number of carbonyl (C=O) groups excluding carboxylic acids is 2. The van der Waals surface area contributed by atoms with Gasteiger partial charge < -0.3 is 15.1 Å². The Hall–Kier alpha value is -2.99. The maximum absolute atomic E-state index is 12.3. The van der Waals surface area contributed by atoms with Crippen LogP contribution < -0.4 is 10.6 Å². The van der Waals surface area contributed by atoms with Crippen LogP contribution in [0.4, 0.5) is 5.69 Å². The van der Waals surface area contributed by atoms with E-state index in [9.17, 15) is 9.59 Å². The first-order valence-corrected chi connectivity index (χ1v) is 9.74. The largest absolute Gasteiger partial charge is 0.459 e. The number of benzene rings is 2. The third kappa shape index (κ3) is 5.04. The highest BCUT2D eigenvalue weighted by molar-refractivity contribution is 7.99. The first-order valence-electron chi connectivity index (χ1n) is 8.93.